The van der Waals surface area contributed by atoms with E-state index in [0.717, 1.165) is 32.4 Å². The van der Waals surface area contributed by atoms with Crippen LogP contribution in [-0.2, 0) is 16.0 Å². The normalized spacial score (nSPS) is 17.9. The number of aliphatic hydroxyl groups is 1. The van der Waals surface area contributed by atoms with Crippen LogP contribution in [0.3, 0.4) is 0 Å². The maximum atomic E-state index is 12.4. The second-order valence-corrected chi connectivity index (χ2v) is 6.69. The SMILES string of the molecule is CC(Cc1cccs1)C(=O)N1CCC(OCCCO)CC1. The summed E-state index contributed by atoms with van der Waals surface area (Å²) in [5.41, 5.74) is 0. The molecule has 1 fully saturated rings. The highest BCUT2D eigenvalue weighted by atomic mass is 32.1. The lowest BCUT2D eigenvalue weighted by Crippen LogP contribution is -2.43. The average molecular weight is 311 g/mol. The van der Waals surface area contributed by atoms with E-state index in [-0.39, 0.29) is 24.5 Å². The monoisotopic (exact) mass is 311 g/mol. The number of amides is 1. The average Bonchev–Trinajstić information content (AvgIpc) is 3.00. The minimum absolute atomic E-state index is 0.0514. The van der Waals surface area contributed by atoms with Gasteiger partial charge in [0.2, 0.25) is 5.91 Å². The van der Waals surface area contributed by atoms with Crippen molar-refractivity contribution in [3.8, 4) is 0 Å². The number of ether oxygens (including phenoxy) is 1. The Morgan fingerprint density at radius 3 is 2.90 bits per heavy atom. The second kappa shape index (κ2) is 8.51. The zero-order valence-electron chi connectivity index (χ0n) is 12.7. The number of thiophene rings is 1. The molecule has 1 atom stereocenters. The molecule has 1 saturated heterocycles. The van der Waals surface area contributed by atoms with Crippen LogP contribution in [-0.4, -0.2) is 48.3 Å². The van der Waals surface area contributed by atoms with Gasteiger partial charge in [0.15, 0.2) is 0 Å². The number of nitrogens with zero attached hydrogens (tertiary/aromatic N) is 1. The number of likely N-dealkylation sites (tertiary alicyclic amines) is 1. The molecule has 1 amide bonds. The van der Waals surface area contributed by atoms with E-state index in [0.29, 0.717) is 13.0 Å². The van der Waals surface area contributed by atoms with Gasteiger partial charge in [-0.05, 0) is 37.1 Å². The molecule has 5 heteroatoms. The van der Waals surface area contributed by atoms with Crippen molar-refractivity contribution >= 4 is 17.2 Å². The van der Waals surface area contributed by atoms with Crippen molar-refractivity contribution in [2.24, 2.45) is 5.92 Å². The first kappa shape index (κ1) is 16.5. The molecule has 1 unspecified atom stereocenters. The highest BCUT2D eigenvalue weighted by molar-refractivity contribution is 7.09. The molecule has 0 radical (unpaired) electrons. The molecule has 1 aliphatic heterocycles. The van der Waals surface area contributed by atoms with Gasteiger partial charge in [0.25, 0.3) is 0 Å². The predicted octanol–water partition coefficient (Wildman–Crippen LogP) is 2.32. The van der Waals surface area contributed by atoms with E-state index in [2.05, 4.69) is 11.4 Å². The van der Waals surface area contributed by atoms with Crippen molar-refractivity contribution < 1.29 is 14.6 Å². The van der Waals surface area contributed by atoms with Crippen LogP contribution in [0, 0.1) is 5.92 Å². The largest absolute Gasteiger partial charge is 0.396 e. The van der Waals surface area contributed by atoms with Gasteiger partial charge in [-0.3, -0.25) is 4.79 Å². The molecule has 2 heterocycles. The van der Waals surface area contributed by atoms with E-state index >= 15 is 0 Å². The highest BCUT2D eigenvalue weighted by Crippen LogP contribution is 2.20. The molecular formula is C16H25NO3S. The van der Waals surface area contributed by atoms with Gasteiger partial charge in [0, 0.05) is 37.1 Å². The van der Waals surface area contributed by atoms with Crippen LogP contribution in [0.2, 0.25) is 0 Å². The fourth-order valence-corrected chi connectivity index (χ4v) is 3.52. The first-order valence-electron chi connectivity index (χ1n) is 7.74. The first-order valence-corrected chi connectivity index (χ1v) is 8.62. The van der Waals surface area contributed by atoms with Gasteiger partial charge in [-0.1, -0.05) is 13.0 Å². The third-order valence-electron chi connectivity index (χ3n) is 3.92. The van der Waals surface area contributed by atoms with Crippen LogP contribution < -0.4 is 0 Å². The van der Waals surface area contributed by atoms with Crippen molar-refractivity contribution in [2.75, 3.05) is 26.3 Å². The smallest absolute Gasteiger partial charge is 0.225 e. The third kappa shape index (κ3) is 5.09. The molecule has 0 aromatic carbocycles. The van der Waals surface area contributed by atoms with E-state index in [4.69, 9.17) is 9.84 Å². The van der Waals surface area contributed by atoms with Crippen molar-refractivity contribution in [1.29, 1.82) is 0 Å². The molecule has 1 N–H and O–H groups in total. The summed E-state index contributed by atoms with van der Waals surface area (Å²) in [6, 6.07) is 4.13. The maximum Gasteiger partial charge on any atom is 0.225 e. The molecule has 1 aromatic rings. The van der Waals surface area contributed by atoms with Crippen molar-refractivity contribution in [3.05, 3.63) is 22.4 Å². The Balaban J connectivity index is 1.72. The minimum Gasteiger partial charge on any atom is -0.396 e. The summed E-state index contributed by atoms with van der Waals surface area (Å²) < 4.78 is 5.70. The number of hydrogen-bond donors (Lipinski definition) is 1. The van der Waals surface area contributed by atoms with Crippen LogP contribution in [0.1, 0.15) is 31.1 Å². The zero-order chi connectivity index (χ0) is 15.1. The van der Waals surface area contributed by atoms with Crippen molar-refractivity contribution in [1.82, 2.24) is 4.90 Å². The number of carbonyl (C=O) groups excluding carboxylic acids is 1. The highest BCUT2D eigenvalue weighted by Gasteiger charge is 2.26. The third-order valence-corrected chi connectivity index (χ3v) is 4.82. The van der Waals surface area contributed by atoms with Gasteiger partial charge in [-0.15, -0.1) is 11.3 Å². The lowest BCUT2D eigenvalue weighted by atomic mass is 10.0. The lowest BCUT2D eigenvalue weighted by Gasteiger charge is -2.33. The van der Waals surface area contributed by atoms with Crippen molar-refractivity contribution in [2.45, 2.75) is 38.7 Å². The Morgan fingerprint density at radius 2 is 2.29 bits per heavy atom. The summed E-state index contributed by atoms with van der Waals surface area (Å²) in [4.78, 5) is 15.7. The van der Waals surface area contributed by atoms with E-state index in [9.17, 15) is 4.79 Å². The van der Waals surface area contributed by atoms with Crippen LogP contribution in [0.25, 0.3) is 0 Å². The van der Waals surface area contributed by atoms with Gasteiger partial charge in [-0.2, -0.15) is 0 Å². The summed E-state index contributed by atoms with van der Waals surface area (Å²) >= 11 is 1.72. The molecule has 2 rings (SSSR count). The van der Waals surface area contributed by atoms with E-state index < -0.39 is 0 Å². The number of carbonyl (C=O) groups is 1. The van der Waals surface area contributed by atoms with E-state index in [1.807, 2.05) is 17.9 Å². The predicted molar refractivity (Wildman–Crippen MR) is 84.4 cm³/mol. The molecule has 0 saturated carbocycles. The number of piperidine rings is 1. The number of rotatable bonds is 7. The molecule has 0 spiro atoms. The Morgan fingerprint density at radius 1 is 1.52 bits per heavy atom. The summed E-state index contributed by atoms with van der Waals surface area (Å²) in [7, 11) is 0. The lowest BCUT2D eigenvalue weighted by molar-refractivity contribution is -0.137. The molecule has 1 aromatic heterocycles. The van der Waals surface area contributed by atoms with Gasteiger partial charge < -0.3 is 14.7 Å². The minimum atomic E-state index is 0.0514. The number of aliphatic hydroxyl groups excluding tert-OH is 1. The summed E-state index contributed by atoms with van der Waals surface area (Å²) in [5.74, 6) is 0.313. The quantitative estimate of drug-likeness (QED) is 0.786. The Labute approximate surface area is 130 Å². The van der Waals surface area contributed by atoms with Crippen LogP contribution in [0.5, 0.6) is 0 Å². The fourth-order valence-electron chi connectivity index (χ4n) is 2.69. The fraction of sp³-hybridized carbons (Fsp3) is 0.688. The Hall–Kier alpha value is -0.910. The van der Waals surface area contributed by atoms with Crippen LogP contribution >= 0.6 is 11.3 Å². The van der Waals surface area contributed by atoms with Gasteiger partial charge in [0.05, 0.1) is 6.10 Å². The van der Waals surface area contributed by atoms with Gasteiger partial charge in [-0.25, -0.2) is 0 Å². The topological polar surface area (TPSA) is 49.8 Å². The second-order valence-electron chi connectivity index (χ2n) is 5.66. The summed E-state index contributed by atoms with van der Waals surface area (Å²) in [6.07, 6.45) is 3.58. The summed E-state index contributed by atoms with van der Waals surface area (Å²) in [6.45, 7) is 4.39. The molecule has 4 nitrogen and oxygen atoms in total. The molecule has 0 bridgehead atoms. The van der Waals surface area contributed by atoms with E-state index in [1.54, 1.807) is 11.3 Å². The number of hydrogen-bond acceptors (Lipinski definition) is 4. The van der Waals surface area contributed by atoms with Crippen LogP contribution in [0.15, 0.2) is 17.5 Å². The van der Waals surface area contributed by atoms with Gasteiger partial charge in [0.1, 0.15) is 0 Å². The van der Waals surface area contributed by atoms with Crippen molar-refractivity contribution in [3.63, 3.8) is 0 Å². The molecule has 1 aliphatic rings. The molecule has 21 heavy (non-hydrogen) atoms. The Bertz CT molecular complexity index is 413. The maximum absolute atomic E-state index is 12.4. The molecular weight excluding hydrogens is 286 g/mol. The van der Waals surface area contributed by atoms with E-state index in [1.165, 1.54) is 4.88 Å². The molecule has 0 aliphatic carbocycles. The molecule has 118 valence electrons. The van der Waals surface area contributed by atoms with Crippen LogP contribution in [0.4, 0.5) is 0 Å². The Kier molecular flexibility index (Phi) is 6.67. The zero-order valence-corrected chi connectivity index (χ0v) is 13.5. The first-order chi connectivity index (χ1) is 10.2. The van der Waals surface area contributed by atoms with Gasteiger partial charge >= 0.3 is 0 Å². The standard InChI is InChI=1S/C16H25NO3S/c1-13(12-15-4-2-11-21-15)16(19)17-7-5-14(6-8-17)20-10-3-9-18/h2,4,11,13-14,18H,3,5-10,12H2,1H3. The summed E-state index contributed by atoms with van der Waals surface area (Å²) in [5, 5.41) is 10.8.